The second kappa shape index (κ2) is 8.76. The highest BCUT2D eigenvalue weighted by molar-refractivity contribution is 5.93. The van der Waals surface area contributed by atoms with E-state index in [0.717, 1.165) is 16.7 Å². The van der Waals surface area contributed by atoms with Gasteiger partial charge in [-0.1, -0.05) is 48.5 Å². The van der Waals surface area contributed by atoms with Gasteiger partial charge in [-0.2, -0.15) is 0 Å². The molecule has 1 amide bonds. The fraction of sp³-hybridized carbons (Fsp3) is 0.174. The van der Waals surface area contributed by atoms with E-state index in [0.29, 0.717) is 5.69 Å². The number of likely N-dealkylation sites (N-methyl/N-ethyl adjacent to an activating group) is 1. The molecule has 0 spiro atoms. The number of hydrogen-bond acceptors (Lipinski definition) is 2. The van der Waals surface area contributed by atoms with E-state index in [9.17, 15) is 13.6 Å². The molecule has 0 aliphatic carbocycles. The standard InChI is InChI=1S/C23H22F2N2O/c1-16-8-11-20(25)14-21(16)26-22(28)15-27(2)23(17-6-4-3-5-7-17)18-9-12-19(24)13-10-18/h3-14,23H,15H2,1-2H3,(H,26,28). The predicted molar refractivity (Wildman–Crippen MR) is 107 cm³/mol. The second-order valence-corrected chi connectivity index (χ2v) is 6.79. The Morgan fingerprint density at radius 2 is 1.54 bits per heavy atom. The van der Waals surface area contributed by atoms with Crippen LogP contribution in [0.5, 0.6) is 0 Å². The van der Waals surface area contributed by atoms with Gasteiger partial charge in [0.1, 0.15) is 11.6 Å². The molecule has 0 aliphatic rings. The first kappa shape index (κ1) is 19.7. The average molecular weight is 380 g/mol. The van der Waals surface area contributed by atoms with Crippen LogP contribution in [0.4, 0.5) is 14.5 Å². The molecule has 0 saturated heterocycles. The maximum absolute atomic E-state index is 13.5. The van der Waals surface area contributed by atoms with E-state index < -0.39 is 5.82 Å². The van der Waals surface area contributed by atoms with Gasteiger partial charge in [0.05, 0.1) is 12.6 Å². The number of carbonyl (C=O) groups is 1. The van der Waals surface area contributed by atoms with Crippen LogP contribution in [0.1, 0.15) is 22.7 Å². The lowest BCUT2D eigenvalue weighted by Gasteiger charge is -2.28. The Labute approximate surface area is 163 Å². The quantitative estimate of drug-likeness (QED) is 0.657. The number of benzene rings is 3. The maximum Gasteiger partial charge on any atom is 0.238 e. The van der Waals surface area contributed by atoms with Gasteiger partial charge < -0.3 is 5.32 Å². The summed E-state index contributed by atoms with van der Waals surface area (Å²) >= 11 is 0. The number of nitrogens with zero attached hydrogens (tertiary/aromatic N) is 1. The van der Waals surface area contributed by atoms with Crippen molar-refractivity contribution in [2.75, 3.05) is 18.9 Å². The summed E-state index contributed by atoms with van der Waals surface area (Å²) < 4.78 is 26.8. The minimum absolute atomic E-state index is 0.0902. The Bertz CT molecular complexity index is 943. The molecule has 0 radical (unpaired) electrons. The fourth-order valence-corrected chi connectivity index (χ4v) is 3.22. The maximum atomic E-state index is 13.5. The van der Waals surface area contributed by atoms with Gasteiger partial charge in [0, 0.05) is 5.69 Å². The summed E-state index contributed by atoms with van der Waals surface area (Å²) in [6.07, 6.45) is 0. The molecule has 1 N–H and O–H groups in total. The highest BCUT2D eigenvalue weighted by atomic mass is 19.1. The molecule has 3 nitrogen and oxygen atoms in total. The minimum Gasteiger partial charge on any atom is -0.325 e. The van der Waals surface area contributed by atoms with Crippen molar-refractivity contribution in [3.05, 3.63) is 101 Å². The molecule has 3 aromatic carbocycles. The highest BCUT2D eigenvalue weighted by Crippen LogP contribution is 2.27. The normalized spacial score (nSPS) is 12.0. The molecular formula is C23H22F2N2O. The number of carbonyl (C=O) groups excluding carboxylic acids is 1. The number of halogens is 2. The van der Waals surface area contributed by atoms with Crippen molar-refractivity contribution in [3.63, 3.8) is 0 Å². The van der Waals surface area contributed by atoms with Crippen LogP contribution in [0.25, 0.3) is 0 Å². The van der Waals surface area contributed by atoms with Crippen LogP contribution >= 0.6 is 0 Å². The lowest BCUT2D eigenvalue weighted by Crippen LogP contribution is -2.34. The van der Waals surface area contributed by atoms with E-state index in [4.69, 9.17) is 0 Å². The third-order valence-electron chi connectivity index (χ3n) is 4.61. The Hall–Kier alpha value is -3.05. The SMILES string of the molecule is Cc1ccc(F)cc1NC(=O)CN(C)C(c1ccccc1)c1ccc(F)cc1. The van der Waals surface area contributed by atoms with Crippen LogP contribution < -0.4 is 5.32 Å². The highest BCUT2D eigenvalue weighted by Gasteiger charge is 2.21. The summed E-state index contributed by atoms with van der Waals surface area (Å²) in [4.78, 5) is 14.5. The summed E-state index contributed by atoms with van der Waals surface area (Å²) in [6.45, 7) is 1.90. The van der Waals surface area contributed by atoms with Crippen molar-refractivity contribution in [2.45, 2.75) is 13.0 Å². The van der Waals surface area contributed by atoms with E-state index >= 15 is 0 Å². The smallest absolute Gasteiger partial charge is 0.238 e. The van der Waals surface area contributed by atoms with Crippen LogP contribution in [0, 0.1) is 18.6 Å². The first-order chi connectivity index (χ1) is 13.4. The van der Waals surface area contributed by atoms with Crippen LogP contribution in [-0.4, -0.2) is 24.4 Å². The largest absolute Gasteiger partial charge is 0.325 e. The van der Waals surface area contributed by atoms with Gasteiger partial charge >= 0.3 is 0 Å². The van der Waals surface area contributed by atoms with Gasteiger partial charge in [0.25, 0.3) is 0 Å². The van der Waals surface area contributed by atoms with Crippen molar-refractivity contribution in [1.82, 2.24) is 4.90 Å². The number of anilines is 1. The summed E-state index contributed by atoms with van der Waals surface area (Å²) in [5, 5.41) is 2.77. The topological polar surface area (TPSA) is 32.3 Å². The Balaban J connectivity index is 1.81. The number of aryl methyl sites for hydroxylation is 1. The van der Waals surface area contributed by atoms with Crippen molar-refractivity contribution in [3.8, 4) is 0 Å². The molecule has 0 saturated carbocycles. The van der Waals surface area contributed by atoms with Gasteiger partial charge in [-0.15, -0.1) is 0 Å². The second-order valence-electron chi connectivity index (χ2n) is 6.79. The van der Waals surface area contributed by atoms with Crippen molar-refractivity contribution < 1.29 is 13.6 Å². The number of rotatable bonds is 6. The first-order valence-electron chi connectivity index (χ1n) is 9.00. The summed E-state index contributed by atoms with van der Waals surface area (Å²) in [7, 11) is 1.83. The molecule has 0 heterocycles. The first-order valence-corrected chi connectivity index (χ1v) is 9.00. The Kier molecular flexibility index (Phi) is 6.16. The van der Waals surface area contributed by atoms with Crippen molar-refractivity contribution >= 4 is 11.6 Å². The lowest BCUT2D eigenvalue weighted by atomic mass is 9.97. The van der Waals surface area contributed by atoms with Crippen molar-refractivity contribution in [1.29, 1.82) is 0 Å². The predicted octanol–water partition coefficient (Wildman–Crippen LogP) is 4.93. The zero-order chi connectivity index (χ0) is 20.1. The van der Waals surface area contributed by atoms with Gasteiger partial charge in [-0.25, -0.2) is 8.78 Å². The number of amides is 1. The fourth-order valence-electron chi connectivity index (χ4n) is 3.22. The molecule has 3 aromatic rings. The molecule has 1 unspecified atom stereocenters. The molecule has 28 heavy (non-hydrogen) atoms. The summed E-state index contributed by atoms with van der Waals surface area (Å²) in [5.74, 6) is -0.959. The molecule has 3 rings (SSSR count). The van der Waals surface area contributed by atoms with Crippen LogP contribution in [0.3, 0.4) is 0 Å². The summed E-state index contributed by atoms with van der Waals surface area (Å²) in [5.41, 5.74) is 3.11. The molecule has 5 heteroatoms. The van der Waals surface area contributed by atoms with Gasteiger partial charge in [0.2, 0.25) is 5.91 Å². The molecule has 1 atom stereocenters. The van der Waals surface area contributed by atoms with Gasteiger partial charge in [0.15, 0.2) is 0 Å². The summed E-state index contributed by atoms with van der Waals surface area (Å²) in [6, 6.07) is 20.1. The molecule has 0 fully saturated rings. The Morgan fingerprint density at radius 1 is 0.929 bits per heavy atom. The third-order valence-corrected chi connectivity index (χ3v) is 4.61. The van der Waals surface area contributed by atoms with Crippen LogP contribution in [0.15, 0.2) is 72.8 Å². The van der Waals surface area contributed by atoms with Gasteiger partial charge in [-0.05, 0) is 54.9 Å². The zero-order valence-corrected chi connectivity index (χ0v) is 15.8. The Morgan fingerprint density at radius 3 is 2.21 bits per heavy atom. The monoisotopic (exact) mass is 380 g/mol. The lowest BCUT2D eigenvalue weighted by molar-refractivity contribution is -0.117. The van der Waals surface area contributed by atoms with Gasteiger partial charge in [-0.3, -0.25) is 9.69 Å². The van der Waals surface area contributed by atoms with Crippen LogP contribution in [0.2, 0.25) is 0 Å². The van der Waals surface area contributed by atoms with Crippen molar-refractivity contribution in [2.24, 2.45) is 0 Å². The molecule has 0 aliphatic heterocycles. The molecule has 144 valence electrons. The van der Waals surface area contributed by atoms with E-state index in [1.807, 2.05) is 49.2 Å². The van der Waals surface area contributed by atoms with Crippen LogP contribution in [-0.2, 0) is 4.79 Å². The zero-order valence-electron chi connectivity index (χ0n) is 15.8. The number of nitrogens with one attached hydrogen (secondary N) is 1. The van der Waals surface area contributed by atoms with E-state index in [2.05, 4.69) is 5.32 Å². The molecule has 0 bridgehead atoms. The molecule has 0 aromatic heterocycles. The third kappa shape index (κ3) is 4.81. The average Bonchev–Trinajstić information content (AvgIpc) is 2.67. The number of hydrogen-bond donors (Lipinski definition) is 1. The van der Waals surface area contributed by atoms with E-state index in [1.165, 1.54) is 24.3 Å². The van der Waals surface area contributed by atoms with E-state index in [-0.39, 0.29) is 24.3 Å². The van der Waals surface area contributed by atoms with E-state index in [1.54, 1.807) is 18.2 Å². The molecular weight excluding hydrogens is 358 g/mol. The minimum atomic E-state index is -0.400.